The third-order valence-electron chi connectivity index (χ3n) is 1.92. The van der Waals surface area contributed by atoms with Gasteiger partial charge in [0.1, 0.15) is 6.33 Å². The highest BCUT2D eigenvalue weighted by atomic mass is 35.5. The van der Waals surface area contributed by atoms with Gasteiger partial charge < -0.3 is 9.73 Å². The molecule has 16 heavy (non-hydrogen) atoms. The Bertz CT molecular complexity index is 505. The maximum Gasteiger partial charge on any atom is 0.256 e. The van der Waals surface area contributed by atoms with Gasteiger partial charge in [-0.3, -0.25) is 9.48 Å². The fourth-order valence-electron chi connectivity index (χ4n) is 1.18. The maximum absolute atomic E-state index is 11.6. The molecule has 1 N–H and O–H groups in total. The first-order chi connectivity index (χ1) is 7.66. The molecule has 0 aliphatic carbocycles. The molecule has 0 saturated heterocycles. The molecule has 2 aromatic rings. The van der Waals surface area contributed by atoms with Gasteiger partial charge in [0, 0.05) is 7.05 Å². The molecule has 0 aromatic carbocycles. The van der Waals surface area contributed by atoms with Gasteiger partial charge >= 0.3 is 0 Å². The van der Waals surface area contributed by atoms with Crippen LogP contribution in [0.1, 0.15) is 16.2 Å². The van der Waals surface area contributed by atoms with Crippen LogP contribution in [-0.4, -0.2) is 20.7 Å². The van der Waals surface area contributed by atoms with Crippen LogP contribution in [0.15, 0.2) is 23.1 Å². The Morgan fingerprint density at radius 1 is 1.69 bits per heavy atom. The van der Waals surface area contributed by atoms with Crippen molar-refractivity contribution in [2.24, 2.45) is 7.05 Å². The van der Waals surface area contributed by atoms with Gasteiger partial charge in [-0.2, -0.15) is 5.10 Å². The van der Waals surface area contributed by atoms with E-state index in [1.54, 1.807) is 18.1 Å². The minimum Gasteiger partial charge on any atom is -0.452 e. The summed E-state index contributed by atoms with van der Waals surface area (Å²) >= 11 is 5.66. The third kappa shape index (κ3) is 2.22. The molecule has 0 aliphatic heterocycles. The van der Waals surface area contributed by atoms with E-state index in [0.29, 0.717) is 11.4 Å². The van der Waals surface area contributed by atoms with E-state index in [1.165, 1.54) is 12.3 Å². The van der Waals surface area contributed by atoms with Crippen LogP contribution in [0.3, 0.4) is 0 Å². The number of carbonyl (C=O) groups excluding carboxylic acids is 1. The first-order valence-corrected chi connectivity index (χ1v) is 4.90. The lowest BCUT2D eigenvalue weighted by Gasteiger charge is -1.99. The fraction of sp³-hybridized carbons (Fsp3) is 0.222. The molecule has 7 heteroatoms. The molecule has 0 spiro atoms. The van der Waals surface area contributed by atoms with Gasteiger partial charge in [0.25, 0.3) is 5.91 Å². The van der Waals surface area contributed by atoms with Gasteiger partial charge in [0.05, 0.1) is 18.4 Å². The molecule has 0 bridgehead atoms. The van der Waals surface area contributed by atoms with E-state index < -0.39 is 0 Å². The molecule has 2 heterocycles. The molecule has 0 atom stereocenters. The second kappa shape index (κ2) is 4.36. The van der Waals surface area contributed by atoms with E-state index in [1.807, 2.05) is 0 Å². The van der Waals surface area contributed by atoms with Crippen LogP contribution in [0, 0.1) is 0 Å². The standard InChI is InChI=1S/C9H9ClN4O2/c1-14-5-12-7(13-14)4-11-9(15)6-2-3-16-8(6)10/h2-3,5H,4H2,1H3,(H,11,15). The van der Waals surface area contributed by atoms with Crippen molar-refractivity contribution in [1.29, 1.82) is 0 Å². The largest absolute Gasteiger partial charge is 0.452 e. The second-order valence-corrected chi connectivity index (χ2v) is 3.47. The zero-order valence-electron chi connectivity index (χ0n) is 8.48. The number of aromatic nitrogens is 3. The van der Waals surface area contributed by atoms with Gasteiger partial charge in [-0.25, -0.2) is 4.98 Å². The first-order valence-electron chi connectivity index (χ1n) is 4.52. The van der Waals surface area contributed by atoms with Crippen molar-refractivity contribution in [3.8, 4) is 0 Å². The van der Waals surface area contributed by atoms with Gasteiger partial charge in [-0.1, -0.05) is 0 Å². The molecule has 0 unspecified atom stereocenters. The summed E-state index contributed by atoms with van der Waals surface area (Å²) in [5, 5.41) is 6.73. The Hall–Kier alpha value is -1.82. The summed E-state index contributed by atoms with van der Waals surface area (Å²) in [6, 6.07) is 1.50. The van der Waals surface area contributed by atoms with E-state index >= 15 is 0 Å². The minimum absolute atomic E-state index is 0.0754. The lowest BCUT2D eigenvalue weighted by molar-refractivity contribution is 0.0949. The van der Waals surface area contributed by atoms with E-state index in [0.717, 1.165) is 0 Å². The molecule has 2 aromatic heterocycles. The molecule has 6 nitrogen and oxygen atoms in total. The molecule has 0 aliphatic rings. The Morgan fingerprint density at radius 2 is 2.50 bits per heavy atom. The molecule has 1 amide bonds. The van der Waals surface area contributed by atoms with Gasteiger partial charge in [0.2, 0.25) is 5.22 Å². The molecule has 0 radical (unpaired) electrons. The van der Waals surface area contributed by atoms with Crippen LogP contribution in [0.5, 0.6) is 0 Å². The molecule has 0 saturated carbocycles. The highest BCUT2D eigenvalue weighted by molar-refractivity contribution is 6.32. The van der Waals surface area contributed by atoms with E-state index in [4.69, 9.17) is 16.0 Å². The number of hydrogen-bond acceptors (Lipinski definition) is 4. The average Bonchev–Trinajstić information content (AvgIpc) is 2.84. The quantitative estimate of drug-likeness (QED) is 0.868. The first kappa shape index (κ1) is 10.7. The van der Waals surface area contributed by atoms with Crippen LogP contribution < -0.4 is 5.32 Å². The van der Waals surface area contributed by atoms with Gasteiger partial charge in [-0.05, 0) is 17.7 Å². The number of halogens is 1. The Balaban J connectivity index is 1.96. The zero-order valence-corrected chi connectivity index (χ0v) is 9.23. The minimum atomic E-state index is -0.314. The number of hydrogen-bond donors (Lipinski definition) is 1. The van der Waals surface area contributed by atoms with Crippen molar-refractivity contribution in [3.05, 3.63) is 35.3 Å². The number of nitrogens with zero attached hydrogens (tertiary/aromatic N) is 3. The molecular formula is C9H9ClN4O2. The van der Waals surface area contributed by atoms with Crippen molar-refractivity contribution in [1.82, 2.24) is 20.1 Å². The van der Waals surface area contributed by atoms with Crippen molar-refractivity contribution < 1.29 is 9.21 Å². The third-order valence-corrected chi connectivity index (χ3v) is 2.21. The topological polar surface area (TPSA) is 73.0 Å². The van der Waals surface area contributed by atoms with E-state index in [2.05, 4.69) is 15.4 Å². The highest BCUT2D eigenvalue weighted by Crippen LogP contribution is 2.16. The number of rotatable bonds is 3. The van der Waals surface area contributed by atoms with Crippen LogP contribution in [0.2, 0.25) is 5.22 Å². The smallest absolute Gasteiger partial charge is 0.256 e. The summed E-state index contributed by atoms with van der Waals surface area (Å²) in [7, 11) is 1.76. The van der Waals surface area contributed by atoms with E-state index in [-0.39, 0.29) is 17.7 Å². The predicted octanol–water partition coefficient (Wildman–Crippen LogP) is 0.991. The number of carbonyl (C=O) groups is 1. The summed E-state index contributed by atoms with van der Waals surface area (Å²) in [5.74, 6) is 0.224. The van der Waals surface area contributed by atoms with E-state index in [9.17, 15) is 4.79 Å². The summed E-state index contributed by atoms with van der Waals surface area (Å²) < 4.78 is 6.37. The van der Waals surface area contributed by atoms with Crippen LogP contribution in [-0.2, 0) is 13.6 Å². The van der Waals surface area contributed by atoms with Crippen LogP contribution >= 0.6 is 11.6 Å². The normalized spacial score (nSPS) is 10.4. The Morgan fingerprint density at radius 3 is 3.06 bits per heavy atom. The lowest BCUT2D eigenvalue weighted by Crippen LogP contribution is -2.23. The lowest BCUT2D eigenvalue weighted by atomic mass is 10.3. The molecule has 0 fully saturated rings. The van der Waals surface area contributed by atoms with Gasteiger partial charge in [0.15, 0.2) is 5.82 Å². The van der Waals surface area contributed by atoms with Crippen LogP contribution in [0.25, 0.3) is 0 Å². The van der Waals surface area contributed by atoms with Gasteiger partial charge in [-0.15, -0.1) is 0 Å². The molecule has 2 rings (SSSR count). The predicted molar refractivity (Wildman–Crippen MR) is 55.9 cm³/mol. The number of furan rings is 1. The van der Waals surface area contributed by atoms with Crippen molar-refractivity contribution in [2.75, 3.05) is 0 Å². The van der Waals surface area contributed by atoms with Crippen molar-refractivity contribution in [2.45, 2.75) is 6.54 Å². The molecule has 84 valence electrons. The number of nitrogens with one attached hydrogen (secondary N) is 1. The fourth-order valence-corrected chi connectivity index (χ4v) is 1.38. The summed E-state index contributed by atoms with van der Waals surface area (Å²) in [6.07, 6.45) is 2.92. The average molecular weight is 241 g/mol. The number of amides is 1. The summed E-state index contributed by atoms with van der Waals surface area (Å²) in [5.41, 5.74) is 0.303. The Kier molecular flexibility index (Phi) is 2.91. The van der Waals surface area contributed by atoms with Crippen molar-refractivity contribution in [3.63, 3.8) is 0 Å². The summed E-state index contributed by atoms with van der Waals surface area (Å²) in [4.78, 5) is 15.6. The maximum atomic E-state index is 11.6. The highest BCUT2D eigenvalue weighted by Gasteiger charge is 2.12. The zero-order chi connectivity index (χ0) is 11.5. The van der Waals surface area contributed by atoms with Crippen LogP contribution in [0.4, 0.5) is 0 Å². The molecular weight excluding hydrogens is 232 g/mol. The SMILES string of the molecule is Cn1cnc(CNC(=O)c2ccoc2Cl)n1. The summed E-state index contributed by atoms with van der Waals surface area (Å²) in [6.45, 7) is 0.251. The Labute approximate surface area is 96.2 Å². The van der Waals surface area contributed by atoms with Crippen molar-refractivity contribution >= 4 is 17.5 Å². The monoisotopic (exact) mass is 240 g/mol. The second-order valence-electron chi connectivity index (χ2n) is 3.13. The number of aryl methyl sites for hydroxylation is 1.